The van der Waals surface area contributed by atoms with Crippen LogP contribution in [0.5, 0.6) is 0 Å². The van der Waals surface area contributed by atoms with Crippen molar-refractivity contribution in [2.24, 2.45) is 0 Å². The van der Waals surface area contributed by atoms with Gasteiger partial charge >= 0.3 is 6.01 Å². The molecule has 2 heterocycles. The van der Waals surface area contributed by atoms with Gasteiger partial charge in [-0.05, 0) is 6.42 Å². The van der Waals surface area contributed by atoms with Crippen molar-refractivity contribution < 1.29 is 12.8 Å². The predicted molar refractivity (Wildman–Crippen MR) is 74.7 cm³/mol. The number of piperazine rings is 1. The highest BCUT2D eigenvalue weighted by Crippen LogP contribution is 2.16. The Morgan fingerprint density at radius 1 is 1.20 bits per heavy atom. The van der Waals surface area contributed by atoms with Crippen LogP contribution in [0.15, 0.2) is 4.42 Å². The average molecular weight is 303 g/mol. The summed E-state index contributed by atoms with van der Waals surface area (Å²) in [6, 6.07) is 0.473. The van der Waals surface area contributed by atoms with Gasteiger partial charge in [-0.3, -0.25) is 0 Å². The van der Waals surface area contributed by atoms with E-state index in [0.717, 1.165) is 6.42 Å². The molecule has 0 aliphatic carbocycles. The first-order chi connectivity index (χ1) is 9.56. The van der Waals surface area contributed by atoms with Gasteiger partial charge in [0, 0.05) is 39.1 Å². The first kappa shape index (κ1) is 15.2. The summed E-state index contributed by atoms with van der Waals surface area (Å²) in [5.41, 5.74) is 0. The van der Waals surface area contributed by atoms with Gasteiger partial charge in [-0.2, -0.15) is 12.7 Å². The second-order valence-electron chi connectivity index (χ2n) is 4.62. The fraction of sp³-hybridized carbons (Fsp3) is 0.818. The maximum atomic E-state index is 12.0. The molecule has 0 amide bonds. The van der Waals surface area contributed by atoms with Gasteiger partial charge in [0.15, 0.2) is 0 Å². The molecule has 0 atom stereocenters. The highest BCUT2D eigenvalue weighted by atomic mass is 32.2. The van der Waals surface area contributed by atoms with Crippen LogP contribution in [0.2, 0.25) is 0 Å². The zero-order valence-corrected chi connectivity index (χ0v) is 12.7. The summed E-state index contributed by atoms with van der Waals surface area (Å²) in [5, 5.41) is 7.89. The SMILES string of the molecule is CCCNS(=O)(=O)N1CCN(c2nnc(CC)o2)CC1. The lowest BCUT2D eigenvalue weighted by atomic mass is 10.4. The second-order valence-corrected chi connectivity index (χ2v) is 6.37. The predicted octanol–water partition coefficient (Wildman–Crippen LogP) is -0.00160. The van der Waals surface area contributed by atoms with Crippen LogP contribution in [0.25, 0.3) is 0 Å². The molecule has 1 aromatic heterocycles. The molecule has 9 heteroatoms. The Hall–Kier alpha value is -1.19. The summed E-state index contributed by atoms with van der Waals surface area (Å²) in [5.74, 6) is 0.597. The summed E-state index contributed by atoms with van der Waals surface area (Å²) >= 11 is 0. The van der Waals surface area contributed by atoms with Crippen molar-refractivity contribution in [3.05, 3.63) is 5.89 Å². The summed E-state index contributed by atoms with van der Waals surface area (Å²) < 4.78 is 33.5. The largest absolute Gasteiger partial charge is 0.408 e. The van der Waals surface area contributed by atoms with E-state index in [1.807, 2.05) is 18.7 Å². The van der Waals surface area contributed by atoms with Gasteiger partial charge in [-0.1, -0.05) is 18.9 Å². The van der Waals surface area contributed by atoms with Gasteiger partial charge in [-0.15, -0.1) is 5.10 Å². The van der Waals surface area contributed by atoms with Gasteiger partial charge in [0.2, 0.25) is 5.89 Å². The minimum absolute atomic E-state index is 0.420. The summed E-state index contributed by atoms with van der Waals surface area (Å²) in [6.45, 7) is 6.29. The molecule has 0 unspecified atom stereocenters. The number of aryl methyl sites for hydroxylation is 1. The third kappa shape index (κ3) is 3.47. The van der Waals surface area contributed by atoms with E-state index in [-0.39, 0.29) is 0 Å². The van der Waals surface area contributed by atoms with Crippen LogP contribution in [0.1, 0.15) is 26.2 Å². The number of rotatable bonds is 6. The molecule has 0 saturated carbocycles. The molecule has 0 radical (unpaired) electrons. The maximum absolute atomic E-state index is 12.0. The topological polar surface area (TPSA) is 91.6 Å². The molecular weight excluding hydrogens is 282 g/mol. The third-order valence-electron chi connectivity index (χ3n) is 3.14. The Labute approximate surface area is 119 Å². The number of aromatic nitrogens is 2. The molecule has 20 heavy (non-hydrogen) atoms. The van der Waals surface area contributed by atoms with Crippen molar-refractivity contribution >= 4 is 16.2 Å². The van der Waals surface area contributed by atoms with E-state index in [1.54, 1.807) is 0 Å². The second kappa shape index (κ2) is 6.51. The minimum atomic E-state index is -3.36. The Kier molecular flexibility index (Phi) is 4.95. The molecule has 1 aromatic rings. The first-order valence-electron chi connectivity index (χ1n) is 6.89. The van der Waals surface area contributed by atoms with Crippen molar-refractivity contribution in [1.29, 1.82) is 0 Å². The molecule has 1 fully saturated rings. The van der Waals surface area contributed by atoms with Crippen molar-refractivity contribution in [2.75, 3.05) is 37.6 Å². The van der Waals surface area contributed by atoms with Gasteiger partial charge in [0.25, 0.3) is 10.2 Å². The van der Waals surface area contributed by atoms with Crippen molar-refractivity contribution in [1.82, 2.24) is 19.2 Å². The summed E-state index contributed by atoms with van der Waals surface area (Å²) in [4.78, 5) is 1.91. The van der Waals surface area contributed by atoms with E-state index in [0.29, 0.717) is 51.0 Å². The molecule has 1 aliphatic rings. The Morgan fingerprint density at radius 2 is 1.90 bits per heavy atom. The van der Waals surface area contributed by atoms with E-state index in [4.69, 9.17) is 4.42 Å². The zero-order chi connectivity index (χ0) is 14.6. The molecule has 0 spiro atoms. The Balaban J connectivity index is 1.92. The molecule has 1 N–H and O–H groups in total. The first-order valence-corrected chi connectivity index (χ1v) is 8.33. The van der Waals surface area contributed by atoms with Gasteiger partial charge in [0.1, 0.15) is 0 Å². The highest BCUT2D eigenvalue weighted by Gasteiger charge is 2.28. The van der Waals surface area contributed by atoms with Crippen LogP contribution >= 0.6 is 0 Å². The number of anilines is 1. The molecule has 1 aliphatic heterocycles. The van der Waals surface area contributed by atoms with E-state index in [9.17, 15) is 8.42 Å². The van der Waals surface area contributed by atoms with Crippen LogP contribution in [-0.4, -0.2) is 55.6 Å². The van der Waals surface area contributed by atoms with Crippen LogP contribution < -0.4 is 9.62 Å². The average Bonchev–Trinajstić information content (AvgIpc) is 2.94. The Morgan fingerprint density at radius 3 is 2.45 bits per heavy atom. The number of hydrogen-bond donors (Lipinski definition) is 1. The van der Waals surface area contributed by atoms with E-state index in [1.165, 1.54) is 4.31 Å². The quantitative estimate of drug-likeness (QED) is 0.795. The Bertz CT molecular complexity index is 522. The van der Waals surface area contributed by atoms with Crippen molar-refractivity contribution in [3.63, 3.8) is 0 Å². The lowest BCUT2D eigenvalue weighted by molar-refractivity contribution is 0.364. The minimum Gasteiger partial charge on any atom is -0.408 e. The van der Waals surface area contributed by atoms with Crippen molar-refractivity contribution in [2.45, 2.75) is 26.7 Å². The van der Waals surface area contributed by atoms with Gasteiger partial charge < -0.3 is 9.32 Å². The fourth-order valence-electron chi connectivity index (χ4n) is 1.96. The third-order valence-corrected chi connectivity index (χ3v) is 4.76. The fourth-order valence-corrected chi connectivity index (χ4v) is 3.25. The van der Waals surface area contributed by atoms with E-state index >= 15 is 0 Å². The zero-order valence-electron chi connectivity index (χ0n) is 11.9. The van der Waals surface area contributed by atoms with Crippen molar-refractivity contribution in [3.8, 4) is 0 Å². The molecule has 0 bridgehead atoms. The molecule has 0 aromatic carbocycles. The normalized spacial score (nSPS) is 17.6. The molecule has 114 valence electrons. The lowest BCUT2D eigenvalue weighted by Crippen LogP contribution is -2.52. The van der Waals surface area contributed by atoms with Crippen LogP contribution in [0.3, 0.4) is 0 Å². The van der Waals surface area contributed by atoms with E-state index in [2.05, 4.69) is 14.9 Å². The number of nitrogens with zero attached hydrogens (tertiary/aromatic N) is 4. The molecule has 1 saturated heterocycles. The standard InChI is InChI=1S/C11H21N5O3S/c1-3-5-12-20(17,18)16-8-6-15(7-9-16)11-14-13-10(4-2)19-11/h12H,3-9H2,1-2H3. The van der Waals surface area contributed by atoms with Crippen LogP contribution in [0.4, 0.5) is 6.01 Å². The number of hydrogen-bond acceptors (Lipinski definition) is 6. The molecular formula is C11H21N5O3S. The van der Waals surface area contributed by atoms with Crippen LogP contribution in [-0.2, 0) is 16.6 Å². The van der Waals surface area contributed by atoms with Gasteiger partial charge in [0.05, 0.1) is 0 Å². The number of nitrogens with one attached hydrogen (secondary N) is 1. The monoisotopic (exact) mass is 303 g/mol. The molecule has 8 nitrogen and oxygen atoms in total. The summed E-state index contributed by atoms with van der Waals surface area (Å²) in [7, 11) is -3.36. The summed E-state index contributed by atoms with van der Waals surface area (Å²) in [6.07, 6.45) is 1.48. The molecule has 2 rings (SSSR count). The highest BCUT2D eigenvalue weighted by molar-refractivity contribution is 7.87. The van der Waals surface area contributed by atoms with E-state index < -0.39 is 10.2 Å². The van der Waals surface area contributed by atoms with Crippen LogP contribution in [0, 0.1) is 0 Å². The lowest BCUT2D eigenvalue weighted by Gasteiger charge is -2.32. The maximum Gasteiger partial charge on any atom is 0.318 e. The van der Waals surface area contributed by atoms with Gasteiger partial charge in [-0.25, -0.2) is 4.72 Å². The smallest absolute Gasteiger partial charge is 0.318 e.